The maximum Gasteiger partial charge on any atom is 0.264 e. The summed E-state index contributed by atoms with van der Waals surface area (Å²) in [4.78, 5) is 31.4. The van der Waals surface area contributed by atoms with Gasteiger partial charge in [-0.25, -0.2) is 4.98 Å². The van der Waals surface area contributed by atoms with Gasteiger partial charge in [0.15, 0.2) is 5.78 Å². The quantitative estimate of drug-likeness (QED) is 0.719. The summed E-state index contributed by atoms with van der Waals surface area (Å²) in [5, 5.41) is 8.94. The highest BCUT2D eigenvalue weighted by Crippen LogP contribution is 2.26. The van der Waals surface area contributed by atoms with Gasteiger partial charge in [0.25, 0.3) is 5.91 Å². The average molecular weight is 367 g/mol. The van der Waals surface area contributed by atoms with Gasteiger partial charge in [0, 0.05) is 13.1 Å². The summed E-state index contributed by atoms with van der Waals surface area (Å²) in [6.45, 7) is 1.16. The SMILES string of the molecule is O=C(CO)c1ccc(C(=O)N2CCn3c(-c4ccccc4)cnc3C2)s1. The molecule has 1 aliphatic rings. The number of amides is 1. The van der Waals surface area contributed by atoms with Crippen LogP contribution in [0.25, 0.3) is 11.3 Å². The third kappa shape index (κ3) is 2.95. The molecule has 1 aliphatic heterocycles. The van der Waals surface area contributed by atoms with Crippen LogP contribution in [0.1, 0.15) is 25.2 Å². The van der Waals surface area contributed by atoms with Crippen LogP contribution in [-0.4, -0.2) is 44.4 Å². The Morgan fingerprint density at radius 2 is 1.85 bits per heavy atom. The molecule has 0 unspecified atom stereocenters. The van der Waals surface area contributed by atoms with Crippen LogP contribution >= 0.6 is 11.3 Å². The van der Waals surface area contributed by atoms with Crippen LogP contribution in [0.15, 0.2) is 48.7 Å². The predicted molar refractivity (Wildman–Crippen MR) is 98.1 cm³/mol. The standard InChI is InChI=1S/C19H17N3O3S/c23-12-15(24)16-6-7-17(26-16)19(25)21-8-9-22-14(10-20-18(22)11-21)13-4-2-1-3-5-13/h1-7,10,23H,8-9,11-12H2. The average Bonchev–Trinajstić information content (AvgIpc) is 3.34. The number of rotatable bonds is 4. The number of carbonyl (C=O) groups is 2. The summed E-state index contributed by atoms with van der Waals surface area (Å²) >= 11 is 1.12. The van der Waals surface area contributed by atoms with Gasteiger partial charge in [-0.1, -0.05) is 30.3 Å². The van der Waals surface area contributed by atoms with E-state index in [9.17, 15) is 9.59 Å². The highest BCUT2D eigenvalue weighted by atomic mass is 32.1. The predicted octanol–water partition coefficient (Wildman–Crippen LogP) is 2.44. The second-order valence-corrected chi connectivity index (χ2v) is 7.13. The minimum atomic E-state index is -0.544. The van der Waals surface area contributed by atoms with Crippen molar-refractivity contribution in [2.75, 3.05) is 13.2 Å². The molecule has 4 rings (SSSR count). The second kappa shape index (κ2) is 6.86. The summed E-state index contributed by atoms with van der Waals surface area (Å²) in [6, 6.07) is 13.3. The van der Waals surface area contributed by atoms with E-state index in [1.165, 1.54) is 0 Å². The minimum absolute atomic E-state index is 0.109. The van der Waals surface area contributed by atoms with Crippen LogP contribution in [0.2, 0.25) is 0 Å². The van der Waals surface area contributed by atoms with Gasteiger partial charge in [-0.3, -0.25) is 9.59 Å². The van der Waals surface area contributed by atoms with Gasteiger partial charge in [-0.15, -0.1) is 11.3 Å². The molecule has 1 amide bonds. The Morgan fingerprint density at radius 1 is 1.08 bits per heavy atom. The number of aliphatic hydroxyl groups excluding tert-OH is 1. The van der Waals surface area contributed by atoms with E-state index in [1.54, 1.807) is 17.0 Å². The van der Waals surface area contributed by atoms with Crippen LogP contribution in [-0.2, 0) is 13.1 Å². The molecule has 1 N–H and O–H groups in total. The van der Waals surface area contributed by atoms with E-state index < -0.39 is 6.61 Å². The Balaban J connectivity index is 1.54. The van der Waals surface area contributed by atoms with Gasteiger partial charge in [0.2, 0.25) is 0 Å². The molecule has 7 heteroatoms. The van der Waals surface area contributed by atoms with Gasteiger partial charge in [0.1, 0.15) is 12.4 Å². The fraction of sp³-hybridized carbons (Fsp3) is 0.211. The first-order valence-electron chi connectivity index (χ1n) is 8.30. The largest absolute Gasteiger partial charge is 0.388 e. The van der Waals surface area contributed by atoms with E-state index in [2.05, 4.69) is 9.55 Å². The van der Waals surface area contributed by atoms with Crippen LogP contribution in [0, 0.1) is 0 Å². The van der Waals surface area contributed by atoms with E-state index in [1.807, 2.05) is 36.5 Å². The van der Waals surface area contributed by atoms with E-state index in [4.69, 9.17) is 5.11 Å². The van der Waals surface area contributed by atoms with Crippen LogP contribution in [0.4, 0.5) is 0 Å². The summed E-state index contributed by atoms with van der Waals surface area (Å²) < 4.78 is 2.15. The Kier molecular flexibility index (Phi) is 4.40. The van der Waals surface area contributed by atoms with Crippen molar-refractivity contribution in [3.8, 4) is 11.3 Å². The zero-order chi connectivity index (χ0) is 18.1. The molecule has 26 heavy (non-hydrogen) atoms. The second-order valence-electron chi connectivity index (χ2n) is 6.05. The van der Waals surface area contributed by atoms with Crippen molar-refractivity contribution in [3.05, 3.63) is 64.2 Å². The number of hydrogen-bond acceptors (Lipinski definition) is 5. The van der Waals surface area contributed by atoms with E-state index in [-0.39, 0.29) is 11.7 Å². The first-order valence-corrected chi connectivity index (χ1v) is 9.12. The van der Waals surface area contributed by atoms with Crippen molar-refractivity contribution >= 4 is 23.0 Å². The number of nitrogens with zero attached hydrogens (tertiary/aromatic N) is 3. The van der Waals surface area contributed by atoms with Crippen molar-refractivity contribution in [1.29, 1.82) is 0 Å². The Bertz CT molecular complexity index is 962. The number of thiophene rings is 1. The number of carbonyl (C=O) groups excluding carboxylic acids is 2. The first-order chi connectivity index (χ1) is 12.7. The van der Waals surface area contributed by atoms with Crippen LogP contribution < -0.4 is 0 Å². The molecule has 6 nitrogen and oxygen atoms in total. The molecule has 132 valence electrons. The number of aliphatic hydroxyl groups is 1. The van der Waals surface area contributed by atoms with Gasteiger partial charge in [-0.2, -0.15) is 0 Å². The summed E-state index contributed by atoms with van der Waals surface area (Å²) in [6.07, 6.45) is 1.85. The fourth-order valence-electron chi connectivity index (χ4n) is 3.11. The number of imidazole rings is 1. The lowest BCUT2D eigenvalue weighted by Crippen LogP contribution is -2.38. The topological polar surface area (TPSA) is 75.4 Å². The Hall–Kier alpha value is -2.77. The number of Topliss-reactive ketones (excluding diaryl/α,β-unsaturated/α-hetero) is 1. The highest BCUT2D eigenvalue weighted by molar-refractivity contribution is 7.16. The van der Waals surface area contributed by atoms with Crippen molar-refractivity contribution in [1.82, 2.24) is 14.5 Å². The van der Waals surface area contributed by atoms with E-state index >= 15 is 0 Å². The molecule has 0 bridgehead atoms. The normalized spacial score (nSPS) is 13.5. The summed E-state index contributed by atoms with van der Waals surface area (Å²) in [5.41, 5.74) is 2.16. The van der Waals surface area contributed by atoms with Gasteiger partial charge in [0.05, 0.1) is 28.2 Å². The molecule has 1 aromatic carbocycles. The molecular formula is C19H17N3O3S. The molecule has 0 spiro atoms. The molecule has 0 saturated heterocycles. The summed E-state index contributed by atoms with van der Waals surface area (Å²) in [7, 11) is 0. The molecule has 3 aromatic rings. The fourth-order valence-corrected chi connectivity index (χ4v) is 4.01. The lowest BCUT2D eigenvalue weighted by atomic mass is 10.1. The number of aromatic nitrogens is 2. The Morgan fingerprint density at radius 3 is 2.62 bits per heavy atom. The zero-order valence-electron chi connectivity index (χ0n) is 14.0. The third-order valence-corrected chi connectivity index (χ3v) is 5.57. The number of fused-ring (bicyclic) bond motifs is 1. The zero-order valence-corrected chi connectivity index (χ0v) is 14.8. The summed E-state index contributed by atoms with van der Waals surface area (Å²) in [5.74, 6) is 0.380. The molecule has 0 radical (unpaired) electrons. The monoisotopic (exact) mass is 367 g/mol. The number of ketones is 1. The number of benzene rings is 1. The molecule has 3 heterocycles. The maximum absolute atomic E-state index is 12.7. The lowest BCUT2D eigenvalue weighted by molar-refractivity contribution is 0.0713. The third-order valence-electron chi connectivity index (χ3n) is 4.46. The maximum atomic E-state index is 12.7. The highest BCUT2D eigenvalue weighted by Gasteiger charge is 2.26. The van der Waals surface area contributed by atoms with Crippen molar-refractivity contribution in [2.45, 2.75) is 13.1 Å². The van der Waals surface area contributed by atoms with Crippen LogP contribution in [0.5, 0.6) is 0 Å². The smallest absolute Gasteiger partial charge is 0.264 e. The molecule has 0 aliphatic carbocycles. The lowest BCUT2D eigenvalue weighted by Gasteiger charge is -2.28. The van der Waals surface area contributed by atoms with Gasteiger partial charge in [-0.05, 0) is 17.7 Å². The molecular weight excluding hydrogens is 350 g/mol. The molecule has 2 aromatic heterocycles. The van der Waals surface area contributed by atoms with Gasteiger partial charge >= 0.3 is 0 Å². The van der Waals surface area contributed by atoms with E-state index in [0.717, 1.165) is 28.4 Å². The number of hydrogen-bond donors (Lipinski definition) is 1. The first kappa shape index (κ1) is 16.7. The van der Waals surface area contributed by atoms with Crippen LogP contribution in [0.3, 0.4) is 0 Å². The van der Waals surface area contributed by atoms with E-state index in [0.29, 0.717) is 29.4 Å². The van der Waals surface area contributed by atoms with Crippen molar-refractivity contribution < 1.29 is 14.7 Å². The van der Waals surface area contributed by atoms with Crippen molar-refractivity contribution in [3.63, 3.8) is 0 Å². The van der Waals surface area contributed by atoms with Crippen molar-refractivity contribution in [2.24, 2.45) is 0 Å². The molecule has 0 fully saturated rings. The Labute approximate surface area is 154 Å². The molecule has 0 atom stereocenters. The minimum Gasteiger partial charge on any atom is -0.388 e. The van der Waals surface area contributed by atoms with Gasteiger partial charge < -0.3 is 14.6 Å². The molecule has 0 saturated carbocycles.